The summed E-state index contributed by atoms with van der Waals surface area (Å²) in [5.74, 6) is -0.404. The Labute approximate surface area is 92.5 Å². The first-order valence-corrected chi connectivity index (χ1v) is 6.76. The normalized spacial score (nSPS) is 15.2. The highest BCUT2D eigenvalue weighted by Gasteiger charge is 2.18. The molecule has 0 saturated heterocycles. The van der Waals surface area contributed by atoms with Crippen LogP contribution >= 0.6 is 30.0 Å². The summed E-state index contributed by atoms with van der Waals surface area (Å²) in [6.07, 6.45) is -0.121. The molecule has 0 aromatic heterocycles. The molecule has 0 bridgehead atoms. The van der Waals surface area contributed by atoms with Crippen LogP contribution in [0, 0.1) is 0 Å². The molecule has 1 unspecified atom stereocenters. The Hall–Kier alpha value is 0.200. The van der Waals surface area contributed by atoms with E-state index >= 15 is 0 Å². The van der Waals surface area contributed by atoms with Gasteiger partial charge in [0.1, 0.15) is 0 Å². The molecule has 0 aromatic carbocycles. The van der Waals surface area contributed by atoms with Crippen molar-refractivity contribution >= 4 is 35.9 Å². The minimum atomic E-state index is -3.48. The van der Waals surface area contributed by atoms with Crippen LogP contribution in [-0.4, -0.2) is 18.6 Å². The summed E-state index contributed by atoms with van der Waals surface area (Å²) in [6, 6.07) is 0. The molecule has 0 aliphatic rings. The van der Waals surface area contributed by atoms with E-state index in [0.717, 1.165) is 0 Å². The highest BCUT2D eigenvalue weighted by molar-refractivity contribution is 7.84. The van der Waals surface area contributed by atoms with Gasteiger partial charge in [-0.05, 0) is 25.1 Å². The summed E-state index contributed by atoms with van der Waals surface area (Å²) in [5, 5.41) is 2.28. The van der Waals surface area contributed by atoms with Gasteiger partial charge in [-0.3, -0.25) is 9.36 Å². The number of ether oxygens (including phenoxy) is 1. The molecule has 0 radical (unpaired) electrons. The van der Waals surface area contributed by atoms with Gasteiger partial charge in [-0.15, -0.1) is 0 Å². The molecule has 0 aliphatic heterocycles. The van der Waals surface area contributed by atoms with E-state index in [2.05, 4.69) is 9.16 Å². The molecule has 0 rings (SSSR count). The molecule has 84 valence electrons. The molecule has 8 heteroatoms. The fourth-order valence-corrected chi connectivity index (χ4v) is 1.47. The van der Waals surface area contributed by atoms with Gasteiger partial charge in [0.2, 0.25) is 0 Å². The lowest BCUT2D eigenvalue weighted by molar-refractivity contribution is -0.147. The van der Waals surface area contributed by atoms with Crippen molar-refractivity contribution in [2.45, 2.75) is 26.4 Å². The molecule has 0 spiro atoms. The third-order valence-corrected chi connectivity index (χ3v) is 3.23. The van der Waals surface area contributed by atoms with Crippen molar-refractivity contribution in [2.24, 2.45) is 0 Å². The number of carbonyl (C=O) groups excluding carboxylic acids is 1. The van der Waals surface area contributed by atoms with Gasteiger partial charge in [0.05, 0.1) is 24.4 Å². The molecule has 0 aromatic rings. The summed E-state index contributed by atoms with van der Waals surface area (Å²) in [4.78, 5) is 11.0. The van der Waals surface area contributed by atoms with E-state index in [1.165, 1.54) is 0 Å². The van der Waals surface area contributed by atoms with Crippen LogP contribution in [0.5, 0.6) is 0 Å². The van der Waals surface area contributed by atoms with Crippen LogP contribution in [0.15, 0.2) is 0 Å². The summed E-state index contributed by atoms with van der Waals surface area (Å²) in [6.45, 7) is 0.0699. The van der Waals surface area contributed by atoms with Crippen molar-refractivity contribution in [2.75, 3.05) is 6.54 Å². The number of esters is 1. The highest BCUT2D eigenvalue weighted by Crippen LogP contribution is 2.48. The monoisotopic (exact) mass is 263 g/mol. The van der Waals surface area contributed by atoms with Crippen molar-refractivity contribution < 1.29 is 18.2 Å². The average molecular weight is 264 g/mol. The Morgan fingerprint density at radius 3 is 2.57 bits per heavy atom. The SMILES string of the molecule is CC(C)OC(=O)CCNP(=O)(Cl)OCl. The van der Waals surface area contributed by atoms with Crippen molar-refractivity contribution in [3.63, 3.8) is 0 Å². The van der Waals surface area contributed by atoms with Crippen LogP contribution in [0.4, 0.5) is 0 Å². The summed E-state index contributed by atoms with van der Waals surface area (Å²) >= 11 is 10.1. The van der Waals surface area contributed by atoms with Crippen molar-refractivity contribution in [3.8, 4) is 0 Å². The van der Waals surface area contributed by atoms with Gasteiger partial charge in [-0.2, -0.15) is 4.08 Å². The van der Waals surface area contributed by atoms with Gasteiger partial charge < -0.3 is 4.74 Å². The molecule has 5 nitrogen and oxygen atoms in total. The fourth-order valence-electron chi connectivity index (χ4n) is 0.638. The van der Waals surface area contributed by atoms with Crippen LogP contribution in [0.25, 0.3) is 0 Å². The van der Waals surface area contributed by atoms with Gasteiger partial charge in [-0.25, -0.2) is 5.09 Å². The Balaban J connectivity index is 3.64. The first-order valence-electron chi connectivity index (χ1n) is 3.92. The first kappa shape index (κ1) is 14.2. The van der Waals surface area contributed by atoms with Crippen molar-refractivity contribution in [1.29, 1.82) is 0 Å². The number of nitrogens with one attached hydrogen (secondary N) is 1. The van der Waals surface area contributed by atoms with Gasteiger partial charge in [-0.1, -0.05) is 0 Å². The molecule has 0 fully saturated rings. The third-order valence-electron chi connectivity index (χ3n) is 1.09. The molecule has 0 aliphatic carbocycles. The van der Waals surface area contributed by atoms with Gasteiger partial charge in [0.15, 0.2) is 0 Å². The summed E-state index contributed by atoms with van der Waals surface area (Å²) < 4.78 is 19.7. The Kier molecular flexibility index (Phi) is 6.74. The van der Waals surface area contributed by atoms with E-state index < -0.39 is 12.8 Å². The fraction of sp³-hybridized carbons (Fsp3) is 0.833. The zero-order valence-electron chi connectivity index (χ0n) is 7.83. The predicted molar refractivity (Wildman–Crippen MR) is 54.2 cm³/mol. The van der Waals surface area contributed by atoms with E-state index in [-0.39, 0.29) is 19.1 Å². The maximum Gasteiger partial charge on any atom is 0.376 e. The number of halogens is 2. The van der Waals surface area contributed by atoms with Crippen molar-refractivity contribution in [1.82, 2.24) is 5.09 Å². The molecule has 1 N–H and O–H groups in total. The zero-order chi connectivity index (χ0) is 11.2. The molecular weight excluding hydrogens is 252 g/mol. The third kappa shape index (κ3) is 7.59. The summed E-state index contributed by atoms with van der Waals surface area (Å²) in [5.41, 5.74) is 0. The molecule has 1 atom stereocenters. The van der Waals surface area contributed by atoms with Crippen LogP contribution in [-0.2, 0) is 18.2 Å². The van der Waals surface area contributed by atoms with E-state index in [1.807, 2.05) is 0 Å². The Morgan fingerprint density at radius 1 is 1.57 bits per heavy atom. The van der Waals surface area contributed by atoms with E-state index in [9.17, 15) is 9.36 Å². The second-order valence-electron chi connectivity index (χ2n) is 2.75. The maximum atomic E-state index is 11.0. The van der Waals surface area contributed by atoms with Crippen LogP contribution < -0.4 is 5.09 Å². The van der Waals surface area contributed by atoms with E-state index in [0.29, 0.717) is 0 Å². The Morgan fingerprint density at radius 2 is 2.14 bits per heavy atom. The topological polar surface area (TPSA) is 64.6 Å². The molecule has 0 saturated carbocycles. The number of carbonyl (C=O) groups is 1. The highest BCUT2D eigenvalue weighted by atomic mass is 35.7. The first-order chi connectivity index (χ1) is 6.37. The standard InChI is InChI=1S/C6H12Cl2NO4P/c1-5(2)12-6(10)3-4-9-14(8,11)13-7/h5H,3-4H2,1-2H3,(H,9,11). The average Bonchev–Trinajstić information content (AvgIpc) is 2.02. The smallest absolute Gasteiger partial charge is 0.376 e. The molecule has 0 amide bonds. The number of hydrogen-bond acceptors (Lipinski definition) is 4. The lowest BCUT2D eigenvalue weighted by Gasteiger charge is -2.09. The molecule has 0 heterocycles. The van der Waals surface area contributed by atoms with Gasteiger partial charge in [0.25, 0.3) is 0 Å². The Bertz CT molecular complexity index is 236. The predicted octanol–water partition coefficient (Wildman–Crippen LogP) is 2.43. The maximum absolute atomic E-state index is 11.0. The lowest BCUT2D eigenvalue weighted by Crippen LogP contribution is -2.18. The van der Waals surface area contributed by atoms with Gasteiger partial charge >= 0.3 is 12.8 Å². The number of rotatable bonds is 6. The minimum Gasteiger partial charge on any atom is -0.463 e. The number of hydrogen-bond donors (Lipinski definition) is 1. The largest absolute Gasteiger partial charge is 0.463 e. The van der Waals surface area contributed by atoms with Crippen LogP contribution in [0.1, 0.15) is 20.3 Å². The van der Waals surface area contributed by atoms with Crippen LogP contribution in [0.2, 0.25) is 0 Å². The molecule has 14 heavy (non-hydrogen) atoms. The zero-order valence-corrected chi connectivity index (χ0v) is 10.2. The van der Waals surface area contributed by atoms with Crippen molar-refractivity contribution in [3.05, 3.63) is 0 Å². The van der Waals surface area contributed by atoms with Gasteiger partial charge in [0, 0.05) is 6.54 Å². The van der Waals surface area contributed by atoms with E-state index in [1.54, 1.807) is 13.8 Å². The summed E-state index contributed by atoms with van der Waals surface area (Å²) in [7, 11) is 0. The quantitative estimate of drug-likeness (QED) is 0.589. The molecular formula is C6H12Cl2NO4P. The van der Waals surface area contributed by atoms with Crippen LogP contribution in [0.3, 0.4) is 0 Å². The second-order valence-corrected chi connectivity index (χ2v) is 5.91. The second kappa shape index (κ2) is 6.64. The van der Waals surface area contributed by atoms with E-state index in [4.69, 9.17) is 27.8 Å². The minimum absolute atomic E-state index is 0.0507. The lowest BCUT2D eigenvalue weighted by atomic mass is 10.4.